The molecule has 1 fully saturated rings. The zero-order valence-corrected chi connectivity index (χ0v) is 12.5. The molecule has 1 aromatic rings. The van der Waals surface area contributed by atoms with Crippen molar-refractivity contribution in [1.29, 1.82) is 0 Å². The number of nitrogens with zero attached hydrogens (tertiary/aromatic N) is 1. The first-order valence-electron chi connectivity index (χ1n) is 7.24. The minimum atomic E-state index is 0.0372. The van der Waals surface area contributed by atoms with Crippen LogP contribution in [-0.4, -0.2) is 37.6 Å². The van der Waals surface area contributed by atoms with Gasteiger partial charge in [0.1, 0.15) is 11.5 Å². The summed E-state index contributed by atoms with van der Waals surface area (Å²) in [7, 11) is 3.19. The van der Waals surface area contributed by atoms with E-state index < -0.39 is 0 Å². The Morgan fingerprint density at radius 1 is 1.25 bits per heavy atom. The van der Waals surface area contributed by atoms with Gasteiger partial charge in [0, 0.05) is 12.6 Å². The molecule has 110 valence electrons. The highest BCUT2D eigenvalue weighted by Gasteiger charge is 2.28. The summed E-state index contributed by atoms with van der Waals surface area (Å²) in [6.45, 7) is 2.76. The second-order valence-electron chi connectivity index (χ2n) is 5.10. The Kier molecular flexibility index (Phi) is 4.88. The Balaban J connectivity index is 2.29. The molecule has 1 saturated carbocycles. The number of amides is 1. The molecule has 0 radical (unpaired) electrons. The summed E-state index contributed by atoms with van der Waals surface area (Å²) in [5.41, 5.74) is 0.584. The lowest BCUT2D eigenvalue weighted by molar-refractivity contribution is 0.0690. The third kappa shape index (κ3) is 2.89. The monoisotopic (exact) mass is 277 g/mol. The van der Waals surface area contributed by atoms with E-state index in [-0.39, 0.29) is 5.91 Å². The van der Waals surface area contributed by atoms with Gasteiger partial charge in [-0.1, -0.05) is 12.8 Å². The summed E-state index contributed by atoms with van der Waals surface area (Å²) in [6.07, 6.45) is 4.63. The highest BCUT2D eigenvalue weighted by atomic mass is 16.5. The predicted octanol–water partition coefficient (Wildman–Crippen LogP) is 3.11. The smallest absolute Gasteiger partial charge is 0.257 e. The number of hydrogen-bond donors (Lipinski definition) is 0. The van der Waals surface area contributed by atoms with Gasteiger partial charge in [0.2, 0.25) is 0 Å². The van der Waals surface area contributed by atoms with Gasteiger partial charge in [0.05, 0.1) is 19.8 Å². The molecule has 0 N–H and O–H groups in total. The molecule has 1 aliphatic carbocycles. The molecule has 0 unspecified atom stereocenters. The Bertz CT molecular complexity index is 467. The molecule has 4 heteroatoms. The summed E-state index contributed by atoms with van der Waals surface area (Å²) in [5.74, 6) is 1.32. The maximum absolute atomic E-state index is 12.8. The molecular weight excluding hydrogens is 254 g/mol. The lowest BCUT2D eigenvalue weighted by Gasteiger charge is -2.28. The van der Waals surface area contributed by atoms with Gasteiger partial charge < -0.3 is 14.4 Å². The van der Waals surface area contributed by atoms with E-state index in [1.165, 1.54) is 12.8 Å². The van der Waals surface area contributed by atoms with Gasteiger partial charge in [-0.2, -0.15) is 0 Å². The topological polar surface area (TPSA) is 38.8 Å². The molecule has 1 aromatic carbocycles. The zero-order chi connectivity index (χ0) is 14.5. The first-order valence-corrected chi connectivity index (χ1v) is 7.24. The normalized spacial score (nSPS) is 15.2. The lowest BCUT2D eigenvalue weighted by atomic mass is 10.1. The lowest BCUT2D eigenvalue weighted by Crippen LogP contribution is -2.38. The maximum Gasteiger partial charge on any atom is 0.257 e. The van der Waals surface area contributed by atoms with Crippen LogP contribution < -0.4 is 9.47 Å². The molecule has 0 aliphatic heterocycles. The predicted molar refractivity (Wildman–Crippen MR) is 78.5 cm³/mol. The van der Waals surface area contributed by atoms with Gasteiger partial charge in [-0.25, -0.2) is 0 Å². The fourth-order valence-electron chi connectivity index (χ4n) is 2.92. The van der Waals surface area contributed by atoms with E-state index in [9.17, 15) is 4.79 Å². The fourth-order valence-corrected chi connectivity index (χ4v) is 2.92. The third-order valence-electron chi connectivity index (χ3n) is 4.00. The van der Waals surface area contributed by atoms with Gasteiger partial charge in [0.15, 0.2) is 0 Å². The van der Waals surface area contributed by atoms with Gasteiger partial charge >= 0.3 is 0 Å². The number of carbonyl (C=O) groups is 1. The fraction of sp³-hybridized carbons (Fsp3) is 0.562. The Labute approximate surface area is 120 Å². The Morgan fingerprint density at radius 3 is 2.50 bits per heavy atom. The van der Waals surface area contributed by atoms with Crippen molar-refractivity contribution in [2.75, 3.05) is 20.8 Å². The number of hydrogen-bond acceptors (Lipinski definition) is 3. The van der Waals surface area contributed by atoms with Crippen molar-refractivity contribution in [2.45, 2.75) is 38.6 Å². The van der Waals surface area contributed by atoms with Crippen LogP contribution in [0.4, 0.5) is 0 Å². The average molecular weight is 277 g/mol. The van der Waals surface area contributed by atoms with Crippen LogP contribution in [0.3, 0.4) is 0 Å². The van der Waals surface area contributed by atoms with E-state index in [2.05, 4.69) is 0 Å². The Hall–Kier alpha value is -1.71. The van der Waals surface area contributed by atoms with Crippen molar-refractivity contribution in [2.24, 2.45) is 0 Å². The molecular formula is C16H23NO3. The molecule has 20 heavy (non-hydrogen) atoms. The van der Waals surface area contributed by atoms with E-state index in [1.54, 1.807) is 26.4 Å². The van der Waals surface area contributed by atoms with Crippen LogP contribution in [0.25, 0.3) is 0 Å². The first kappa shape index (κ1) is 14.7. The van der Waals surface area contributed by atoms with Gasteiger partial charge in [0.25, 0.3) is 5.91 Å². The van der Waals surface area contributed by atoms with E-state index in [0.29, 0.717) is 23.1 Å². The van der Waals surface area contributed by atoms with Crippen molar-refractivity contribution >= 4 is 5.91 Å². The number of ether oxygens (including phenoxy) is 2. The summed E-state index contributed by atoms with van der Waals surface area (Å²) in [6, 6.07) is 5.72. The third-order valence-corrected chi connectivity index (χ3v) is 4.00. The van der Waals surface area contributed by atoms with E-state index in [1.807, 2.05) is 17.9 Å². The number of carbonyl (C=O) groups excluding carboxylic acids is 1. The van der Waals surface area contributed by atoms with Crippen molar-refractivity contribution in [1.82, 2.24) is 4.90 Å². The van der Waals surface area contributed by atoms with Crippen molar-refractivity contribution in [3.05, 3.63) is 23.8 Å². The SMILES string of the molecule is CCN(C(=O)c1cc(OC)ccc1OC)C1CCCC1. The summed E-state index contributed by atoms with van der Waals surface area (Å²) < 4.78 is 10.5. The van der Waals surface area contributed by atoms with Gasteiger partial charge in [-0.3, -0.25) is 4.79 Å². The minimum Gasteiger partial charge on any atom is -0.497 e. The molecule has 0 spiro atoms. The van der Waals surface area contributed by atoms with Crippen LogP contribution in [0.15, 0.2) is 18.2 Å². The van der Waals surface area contributed by atoms with Crippen LogP contribution in [0.2, 0.25) is 0 Å². The number of rotatable bonds is 5. The molecule has 0 atom stereocenters. The molecule has 0 aromatic heterocycles. The van der Waals surface area contributed by atoms with Gasteiger partial charge in [-0.05, 0) is 38.0 Å². The van der Waals surface area contributed by atoms with Gasteiger partial charge in [-0.15, -0.1) is 0 Å². The van der Waals surface area contributed by atoms with Crippen LogP contribution in [-0.2, 0) is 0 Å². The first-order chi connectivity index (χ1) is 9.71. The van der Waals surface area contributed by atoms with E-state index in [0.717, 1.165) is 19.4 Å². The molecule has 4 nitrogen and oxygen atoms in total. The highest BCUT2D eigenvalue weighted by Crippen LogP contribution is 2.29. The molecule has 0 saturated heterocycles. The number of benzene rings is 1. The van der Waals surface area contributed by atoms with Crippen LogP contribution in [0.1, 0.15) is 43.0 Å². The summed E-state index contributed by atoms with van der Waals surface area (Å²) in [4.78, 5) is 14.8. The maximum atomic E-state index is 12.8. The molecule has 1 aliphatic rings. The number of methoxy groups -OCH3 is 2. The van der Waals surface area contributed by atoms with Crippen molar-refractivity contribution in [3.8, 4) is 11.5 Å². The van der Waals surface area contributed by atoms with Crippen molar-refractivity contribution < 1.29 is 14.3 Å². The average Bonchev–Trinajstić information content (AvgIpc) is 3.01. The Morgan fingerprint density at radius 2 is 1.95 bits per heavy atom. The van der Waals surface area contributed by atoms with E-state index in [4.69, 9.17) is 9.47 Å². The van der Waals surface area contributed by atoms with E-state index >= 15 is 0 Å². The largest absolute Gasteiger partial charge is 0.497 e. The second kappa shape index (κ2) is 6.64. The quantitative estimate of drug-likeness (QED) is 0.830. The summed E-state index contributed by atoms with van der Waals surface area (Å²) >= 11 is 0. The standard InChI is InChI=1S/C16H23NO3/c1-4-17(12-7-5-6-8-12)16(18)14-11-13(19-2)9-10-15(14)20-3/h9-12H,4-8H2,1-3H3. The molecule has 2 rings (SSSR count). The second-order valence-corrected chi connectivity index (χ2v) is 5.10. The minimum absolute atomic E-state index is 0.0372. The highest BCUT2D eigenvalue weighted by molar-refractivity contribution is 5.97. The zero-order valence-electron chi connectivity index (χ0n) is 12.5. The molecule has 0 bridgehead atoms. The van der Waals surface area contributed by atoms with Crippen molar-refractivity contribution in [3.63, 3.8) is 0 Å². The summed E-state index contributed by atoms with van der Waals surface area (Å²) in [5, 5.41) is 0. The van der Waals surface area contributed by atoms with Crippen LogP contribution >= 0.6 is 0 Å². The van der Waals surface area contributed by atoms with Crippen LogP contribution in [0.5, 0.6) is 11.5 Å². The molecule has 1 amide bonds. The van der Waals surface area contributed by atoms with Crippen LogP contribution in [0, 0.1) is 0 Å². The molecule has 0 heterocycles.